The predicted molar refractivity (Wildman–Crippen MR) is 110 cm³/mol. The van der Waals surface area contributed by atoms with E-state index >= 15 is 0 Å². The van der Waals surface area contributed by atoms with Crippen LogP contribution in [0.4, 0.5) is 17.3 Å². The normalized spacial score (nSPS) is 10.8. The van der Waals surface area contributed by atoms with Crippen LogP contribution in [0.5, 0.6) is 0 Å². The zero-order chi connectivity index (χ0) is 19.7. The van der Waals surface area contributed by atoms with E-state index < -0.39 is 0 Å². The first-order valence-electron chi connectivity index (χ1n) is 8.45. The fraction of sp³-hybridized carbons (Fsp3) is 0.0500. The molecule has 0 fully saturated rings. The number of carbonyl (C=O) groups is 1. The van der Waals surface area contributed by atoms with Gasteiger partial charge in [-0.3, -0.25) is 14.8 Å². The Balaban J connectivity index is 1.83. The van der Waals surface area contributed by atoms with Crippen LogP contribution in [0.1, 0.15) is 10.5 Å². The van der Waals surface area contributed by atoms with E-state index in [2.05, 4.69) is 20.6 Å². The van der Waals surface area contributed by atoms with Crippen LogP contribution >= 0.6 is 11.6 Å². The maximum absolute atomic E-state index is 11.9. The molecule has 0 bridgehead atoms. The number of carbonyl (C=O) groups excluding carboxylic acids is 1. The lowest BCUT2D eigenvalue weighted by atomic mass is 10.1. The van der Waals surface area contributed by atoms with E-state index in [0.717, 1.165) is 5.39 Å². The summed E-state index contributed by atoms with van der Waals surface area (Å²) in [6.45, 7) is 0. The second kappa shape index (κ2) is 7.21. The molecule has 0 unspecified atom stereocenters. The number of aromatic nitrogens is 2. The summed E-state index contributed by atoms with van der Waals surface area (Å²) < 4.78 is 5.81. The van der Waals surface area contributed by atoms with Crippen LogP contribution in [0.15, 0.2) is 59.3 Å². The van der Waals surface area contributed by atoms with Gasteiger partial charge in [-0.1, -0.05) is 23.7 Å². The van der Waals surface area contributed by atoms with E-state index in [4.69, 9.17) is 21.8 Å². The fourth-order valence-corrected chi connectivity index (χ4v) is 3.09. The van der Waals surface area contributed by atoms with Gasteiger partial charge in [0.15, 0.2) is 5.58 Å². The molecular weight excluding hydrogens is 378 g/mol. The van der Waals surface area contributed by atoms with Gasteiger partial charge in [0.1, 0.15) is 17.1 Å². The van der Waals surface area contributed by atoms with Crippen LogP contribution in [0.25, 0.3) is 22.2 Å². The quantitative estimate of drug-likeness (QED) is 0.479. The molecule has 140 valence electrons. The van der Waals surface area contributed by atoms with Crippen molar-refractivity contribution in [2.75, 3.05) is 18.1 Å². The zero-order valence-corrected chi connectivity index (χ0v) is 15.6. The van der Waals surface area contributed by atoms with Gasteiger partial charge < -0.3 is 20.8 Å². The number of anilines is 3. The minimum Gasteiger partial charge on any atom is -0.436 e. The van der Waals surface area contributed by atoms with Gasteiger partial charge in [0, 0.05) is 25.0 Å². The second-order valence-corrected chi connectivity index (χ2v) is 6.40. The molecule has 0 saturated carbocycles. The Kier molecular flexibility index (Phi) is 4.58. The van der Waals surface area contributed by atoms with Gasteiger partial charge in [0.2, 0.25) is 5.88 Å². The first-order chi connectivity index (χ1) is 13.6. The monoisotopic (exact) mass is 393 g/mol. The molecule has 4 rings (SSSR count). The number of nitrogens with one attached hydrogen (secondary N) is 2. The van der Waals surface area contributed by atoms with E-state index in [0.29, 0.717) is 33.2 Å². The summed E-state index contributed by atoms with van der Waals surface area (Å²) in [5.74, 6) is -0.0705. The molecule has 4 N–H and O–H groups in total. The van der Waals surface area contributed by atoms with E-state index in [1.165, 1.54) is 0 Å². The molecule has 7 nitrogen and oxygen atoms in total. The van der Waals surface area contributed by atoms with Crippen LogP contribution < -0.4 is 16.4 Å². The predicted octanol–water partition coefficient (Wildman–Crippen LogP) is 4.23. The molecule has 3 aromatic heterocycles. The third-order valence-corrected chi connectivity index (χ3v) is 4.59. The van der Waals surface area contributed by atoms with Crippen molar-refractivity contribution in [3.63, 3.8) is 0 Å². The standard InChI is InChI=1S/C20H16ClN5O2/c1-23-20(27)15-10-11(6-8-24-15)16-18-12(7-9-25-16)17(19(22)28-18)26-14-5-3-2-4-13(14)21/h2-10,26H,22H2,1H3,(H,23,27). The van der Waals surface area contributed by atoms with E-state index in [-0.39, 0.29) is 17.5 Å². The van der Waals surface area contributed by atoms with Crippen molar-refractivity contribution < 1.29 is 9.21 Å². The Morgan fingerprint density at radius 2 is 1.93 bits per heavy atom. The Labute approximate surface area is 165 Å². The molecule has 1 amide bonds. The summed E-state index contributed by atoms with van der Waals surface area (Å²) in [5, 5.41) is 7.10. The van der Waals surface area contributed by atoms with E-state index in [9.17, 15) is 4.79 Å². The number of nitrogens with zero attached hydrogens (tertiary/aromatic N) is 2. The molecule has 8 heteroatoms. The molecule has 0 saturated heterocycles. The lowest BCUT2D eigenvalue weighted by molar-refractivity contribution is 0.0958. The molecule has 4 aromatic rings. The number of nitrogens with two attached hydrogens (primary N) is 1. The average molecular weight is 394 g/mol. The number of rotatable bonds is 4. The minimum atomic E-state index is -0.283. The van der Waals surface area contributed by atoms with Gasteiger partial charge in [-0.05, 0) is 30.3 Å². The van der Waals surface area contributed by atoms with Crippen molar-refractivity contribution in [1.82, 2.24) is 15.3 Å². The van der Waals surface area contributed by atoms with Gasteiger partial charge in [0.25, 0.3) is 5.91 Å². The number of hydrogen-bond donors (Lipinski definition) is 3. The third-order valence-electron chi connectivity index (χ3n) is 4.26. The number of halogens is 1. The number of fused-ring (bicyclic) bond motifs is 1. The Hall–Kier alpha value is -3.58. The first kappa shape index (κ1) is 17.8. The number of furan rings is 1. The van der Waals surface area contributed by atoms with Gasteiger partial charge in [-0.15, -0.1) is 0 Å². The van der Waals surface area contributed by atoms with Crippen LogP contribution in [0.3, 0.4) is 0 Å². The van der Waals surface area contributed by atoms with Gasteiger partial charge >= 0.3 is 0 Å². The highest BCUT2D eigenvalue weighted by Crippen LogP contribution is 2.40. The summed E-state index contributed by atoms with van der Waals surface area (Å²) in [6, 6.07) is 12.6. The van der Waals surface area contributed by atoms with Crippen molar-refractivity contribution in [1.29, 1.82) is 0 Å². The number of benzene rings is 1. The SMILES string of the molecule is CNC(=O)c1cc(-c2nccc3c(Nc4ccccc4Cl)c(N)oc23)ccn1. The number of pyridine rings is 2. The highest BCUT2D eigenvalue weighted by atomic mass is 35.5. The maximum atomic E-state index is 11.9. The number of nitrogen functional groups attached to an aromatic ring is 1. The van der Waals surface area contributed by atoms with Crippen LogP contribution in [-0.2, 0) is 0 Å². The summed E-state index contributed by atoms with van der Waals surface area (Å²) >= 11 is 6.24. The molecule has 0 aliphatic carbocycles. The van der Waals surface area contributed by atoms with Crippen LogP contribution in [-0.4, -0.2) is 22.9 Å². The van der Waals surface area contributed by atoms with Crippen molar-refractivity contribution in [2.24, 2.45) is 0 Å². The average Bonchev–Trinajstić information content (AvgIpc) is 3.04. The molecule has 1 aromatic carbocycles. The Morgan fingerprint density at radius 3 is 2.71 bits per heavy atom. The topological polar surface area (TPSA) is 106 Å². The maximum Gasteiger partial charge on any atom is 0.269 e. The Morgan fingerprint density at radius 1 is 1.14 bits per heavy atom. The van der Waals surface area contributed by atoms with Crippen molar-refractivity contribution in [3.8, 4) is 11.3 Å². The van der Waals surface area contributed by atoms with Crippen molar-refractivity contribution >= 4 is 45.7 Å². The number of hydrogen-bond acceptors (Lipinski definition) is 6. The molecule has 0 spiro atoms. The highest BCUT2D eigenvalue weighted by Gasteiger charge is 2.18. The summed E-state index contributed by atoms with van der Waals surface area (Å²) in [4.78, 5) is 20.4. The first-order valence-corrected chi connectivity index (χ1v) is 8.83. The van der Waals surface area contributed by atoms with Gasteiger partial charge in [0.05, 0.1) is 16.1 Å². The van der Waals surface area contributed by atoms with Gasteiger partial charge in [-0.25, -0.2) is 0 Å². The summed E-state index contributed by atoms with van der Waals surface area (Å²) in [7, 11) is 1.55. The molecule has 0 aliphatic rings. The smallest absolute Gasteiger partial charge is 0.269 e. The summed E-state index contributed by atoms with van der Waals surface area (Å²) in [6.07, 6.45) is 3.21. The van der Waals surface area contributed by atoms with E-state index in [1.54, 1.807) is 43.7 Å². The molecule has 0 aliphatic heterocycles. The number of amides is 1. The second-order valence-electron chi connectivity index (χ2n) is 5.99. The Bertz CT molecular complexity index is 1190. The third kappa shape index (κ3) is 3.12. The largest absolute Gasteiger partial charge is 0.436 e. The summed E-state index contributed by atoms with van der Waals surface area (Å²) in [5.41, 5.74) is 9.48. The molecule has 28 heavy (non-hydrogen) atoms. The molecule has 0 radical (unpaired) electrons. The van der Waals surface area contributed by atoms with Crippen LogP contribution in [0.2, 0.25) is 5.02 Å². The lowest BCUT2D eigenvalue weighted by Crippen LogP contribution is -2.19. The highest BCUT2D eigenvalue weighted by molar-refractivity contribution is 6.33. The van der Waals surface area contributed by atoms with Crippen LogP contribution in [0, 0.1) is 0 Å². The molecular formula is C20H16ClN5O2. The van der Waals surface area contributed by atoms with Crippen molar-refractivity contribution in [3.05, 3.63) is 65.6 Å². The molecule has 0 atom stereocenters. The fourth-order valence-electron chi connectivity index (χ4n) is 2.90. The van der Waals surface area contributed by atoms with Crippen molar-refractivity contribution in [2.45, 2.75) is 0 Å². The number of para-hydroxylation sites is 1. The van der Waals surface area contributed by atoms with Gasteiger partial charge in [-0.2, -0.15) is 0 Å². The lowest BCUT2D eigenvalue weighted by Gasteiger charge is -2.07. The molecule has 3 heterocycles. The van der Waals surface area contributed by atoms with E-state index in [1.807, 2.05) is 18.2 Å². The zero-order valence-electron chi connectivity index (χ0n) is 14.9. The minimum absolute atomic E-state index is 0.213.